The van der Waals surface area contributed by atoms with Crippen LogP contribution in [0.25, 0.3) is 11.4 Å². The first-order valence-corrected chi connectivity index (χ1v) is 11.3. The van der Waals surface area contributed by atoms with Gasteiger partial charge in [-0.2, -0.15) is 16.3 Å². The Morgan fingerprint density at radius 3 is 3.04 bits per heavy atom. The highest BCUT2D eigenvalue weighted by molar-refractivity contribution is 7.98. The highest BCUT2D eigenvalue weighted by Gasteiger charge is 2.21. The molecule has 1 saturated heterocycles. The Morgan fingerprint density at radius 2 is 2.21 bits per heavy atom. The Bertz CT molecular complexity index is 921. The molecule has 0 atom stereocenters. The Kier molecular flexibility index (Phi) is 6.06. The summed E-state index contributed by atoms with van der Waals surface area (Å²) in [6, 6.07) is 1.97. The average molecular weight is 419 g/mol. The Balaban J connectivity index is 1.42. The van der Waals surface area contributed by atoms with Crippen LogP contribution in [0.3, 0.4) is 0 Å². The molecule has 28 heavy (non-hydrogen) atoms. The summed E-state index contributed by atoms with van der Waals surface area (Å²) < 4.78 is 7.41. The van der Waals surface area contributed by atoms with Gasteiger partial charge in [-0.1, -0.05) is 23.3 Å². The summed E-state index contributed by atoms with van der Waals surface area (Å²) in [5, 5.41) is 17.5. The summed E-state index contributed by atoms with van der Waals surface area (Å²) in [6.07, 6.45) is 3.78. The second-order valence-corrected chi connectivity index (χ2v) is 8.30. The lowest BCUT2D eigenvalue weighted by Crippen LogP contribution is -2.31. The van der Waals surface area contributed by atoms with Crippen molar-refractivity contribution in [2.75, 3.05) is 6.54 Å². The number of thiophene rings is 1. The van der Waals surface area contributed by atoms with E-state index in [1.54, 1.807) is 11.3 Å². The van der Waals surface area contributed by atoms with Crippen molar-refractivity contribution < 1.29 is 9.32 Å². The van der Waals surface area contributed by atoms with Crippen LogP contribution in [0.2, 0.25) is 0 Å². The minimum atomic E-state index is 0.212. The van der Waals surface area contributed by atoms with Crippen molar-refractivity contribution in [3.05, 3.63) is 28.5 Å². The van der Waals surface area contributed by atoms with E-state index in [2.05, 4.69) is 31.8 Å². The van der Waals surface area contributed by atoms with Gasteiger partial charge in [-0.25, -0.2) is 0 Å². The molecule has 0 unspecified atom stereocenters. The fourth-order valence-electron chi connectivity index (χ4n) is 3.19. The summed E-state index contributed by atoms with van der Waals surface area (Å²) in [5.41, 5.74) is 0.964. The monoisotopic (exact) mass is 418 g/mol. The number of aromatic nitrogens is 5. The molecule has 10 heteroatoms. The molecule has 148 valence electrons. The van der Waals surface area contributed by atoms with Gasteiger partial charge >= 0.3 is 0 Å². The number of hydrogen-bond acceptors (Lipinski definition) is 8. The fourth-order valence-corrected chi connectivity index (χ4v) is 4.68. The lowest BCUT2D eigenvalue weighted by molar-refractivity contribution is -0.131. The van der Waals surface area contributed by atoms with E-state index in [4.69, 9.17) is 4.52 Å². The normalized spacial score (nSPS) is 15.2. The number of hydrogen-bond donors (Lipinski definition) is 0. The summed E-state index contributed by atoms with van der Waals surface area (Å²) >= 11 is 3.12. The van der Waals surface area contributed by atoms with E-state index in [1.807, 2.05) is 21.7 Å². The van der Waals surface area contributed by atoms with E-state index < -0.39 is 0 Å². The van der Waals surface area contributed by atoms with E-state index >= 15 is 0 Å². The molecule has 8 nitrogen and oxygen atoms in total. The van der Waals surface area contributed by atoms with Crippen molar-refractivity contribution >= 4 is 29.0 Å². The Hall–Kier alpha value is -2.20. The van der Waals surface area contributed by atoms with Crippen LogP contribution in [-0.2, 0) is 23.6 Å². The average Bonchev–Trinajstić information content (AvgIpc) is 3.42. The van der Waals surface area contributed by atoms with Crippen LogP contribution in [0, 0.1) is 0 Å². The molecule has 0 bridgehead atoms. The lowest BCUT2D eigenvalue weighted by Gasteiger charge is -2.20. The third kappa shape index (κ3) is 4.27. The highest BCUT2D eigenvalue weighted by Crippen LogP contribution is 2.24. The molecule has 0 N–H and O–H groups in total. The molecule has 0 radical (unpaired) electrons. The van der Waals surface area contributed by atoms with Crippen molar-refractivity contribution in [3.63, 3.8) is 0 Å². The van der Waals surface area contributed by atoms with Crippen LogP contribution in [0.1, 0.15) is 44.3 Å². The van der Waals surface area contributed by atoms with E-state index in [9.17, 15) is 4.79 Å². The number of carbonyl (C=O) groups is 1. The molecule has 1 fully saturated rings. The fraction of sp³-hybridized carbons (Fsp3) is 0.500. The van der Waals surface area contributed by atoms with Crippen molar-refractivity contribution in [3.8, 4) is 11.4 Å². The molecular weight excluding hydrogens is 396 g/mol. The smallest absolute Gasteiger partial charge is 0.237 e. The van der Waals surface area contributed by atoms with Crippen LogP contribution in [0.5, 0.6) is 0 Å². The SMILES string of the molecule is CCn1c(CN2CCCCCC2=O)nnc1SCc1nc(-c2ccsc2)no1. The lowest BCUT2D eigenvalue weighted by atomic mass is 10.2. The first kappa shape index (κ1) is 19.1. The summed E-state index contributed by atoms with van der Waals surface area (Å²) in [6.45, 7) is 4.12. The van der Waals surface area contributed by atoms with Gasteiger partial charge in [0.25, 0.3) is 0 Å². The molecule has 1 aliphatic heterocycles. The van der Waals surface area contributed by atoms with Crippen molar-refractivity contribution in [2.24, 2.45) is 0 Å². The second-order valence-electron chi connectivity index (χ2n) is 6.58. The standard InChI is InChI=1S/C18H22N6O2S2/c1-2-24-14(10-23-8-5-3-4-6-16(23)25)20-21-18(24)28-12-15-19-17(22-26-15)13-7-9-27-11-13/h7,9,11H,2-6,8,10,12H2,1H3. The predicted molar refractivity (Wildman–Crippen MR) is 107 cm³/mol. The van der Waals surface area contributed by atoms with Gasteiger partial charge in [0.2, 0.25) is 17.6 Å². The summed E-state index contributed by atoms with van der Waals surface area (Å²) in [7, 11) is 0. The molecule has 0 saturated carbocycles. The van der Waals surface area contributed by atoms with Crippen molar-refractivity contribution in [2.45, 2.75) is 56.6 Å². The number of nitrogens with zero attached hydrogens (tertiary/aromatic N) is 6. The third-order valence-electron chi connectivity index (χ3n) is 4.69. The number of amides is 1. The van der Waals surface area contributed by atoms with Gasteiger partial charge in [0.1, 0.15) is 0 Å². The molecule has 0 aromatic carbocycles. The van der Waals surface area contributed by atoms with Crippen LogP contribution < -0.4 is 0 Å². The molecule has 0 spiro atoms. The zero-order valence-corrected chi connectivity index (χ0v) is 17.3. The Labute approximate surface area is 171 Å². The van der Waals surface area contributed by atoms with E-state index in [0.717, 1.165) is 48.9 Å². The third-order valence-corrected chi connectivity index (χ3v) is 6.32. The van der Waals surface area contributed by atoms with Gasteiger partial charge in [0, 0.05) is 30.5 Å². The van der Waals surface area contributed by atoms with E-state index in [-0.39, 0.29) is 5.91 Å². The first-order valence-electron chi connectivity index (χ1n) is 9.42. The molecular formula is C18H22N6O2S2. The first-order chi connectivity index (χ1) is 13.7. The van der Waals surface area contributed by atoms with Crippen LogP contribution in [0.4, 0.5) is 0 Å². The van der Waals surface area contributed by atoms with Crippen molar-refractivity contribution in [1.29, 1.82) is 0 Å². The molecule has 0 aliphatic carbocycles. The van der Waals surface area contributed by atoms with Crippen LogP contribution >= 0.6 is 23.1 Å². The van der Waals surface area contributed by atoms with Gasteiger partial charge in [-0.15, -0.1) is 10.2 Å². The maximum Gasteiger partial charge on any atom is 0.237 e. The maximum atomic E-state index is 12.3. The van der Waals surface area contributed by atoms with Crippen LogP contribution in [0.15, 0.2) is 26.5 Å². The highest BCUT2D eigenvalue weighted by atomic mass is 32.2. The van der Waals surface area contributed by atoms with Gasteiger partial charge in [-0.05, 0) is 31.2 Å². The second kappa shape index (κ2) is 8.87. The van der Waals surface area contributed by atoms with Gasteiger partial charge in [0.15, 0.2) is 11.0 Å². The largest absolute Gasteiger partial charge is 0.338 e. The quantitative estimate of drug-likeness (QED) is 0.541. The molecule has 3 aromatic rings. The number of thioether (sulfide) groups is 1. The zero-order chi connectivity index (χ0) is 19.3. The molecule has 3 aromatic heterocycles. The zero-order valence-electron chi connectivity index (χ0n) is 15.7. The predicted octanol–water partition coefficient (Wildman–Crippen LogP) is 3.60. The minimum Gasteiger partial charge on any atom is -0.338 e. The number of rotatable bonds is 7. The molecule has 1 amide bonds. The van der Waals surface area contributed by atoms with Gasteiger partial charge in [0.05, 0.1) is 12.3 Å². The van der Waals surface area contributed by atoms with Gasteiger partial charge in [-0.3, -0.25) is 4.79 Å². The molecule has 4 rings (SSSR count). The minimum absolute atomic E-state index is 0.212. The molecule has 4 heterocycles. The number of likely N-dealkylation sites (tertiary alicyclic amines) is 1. The topological polar surface area (TPSA) is 89.9 Å². The summed E-state index contributed by atoms with van der Waals surface area (Å²) in [5.74, 6) is 2.72. The number of carbonyl (C=O) groups excluding carboxylic acids is 1. The summed E-state index contributed by atoms with van der Waals surface area (Å²) in [4.78, 5) is 18.6. The van der Waals surface area contributed by atoms with Gasteiger partial charge < -0.3 is 14.0 Å². The van der Waals surface area contributed by atoms with E-state index in [1.165, 1.54) is 11.8 Å². The van der Waals surface area contributed by atoms with Crippen LogP contribution in [-0.4, -0.2) is 42.3 Å². The van der Waals surface area contributed by atoms with E-state index in [0.29, 0.717) is 30.4 Å². The molecule has 1 aliphatic rings. The van der Waals surface area contributed by atoms with Crippen molar-refractivity contribution in [1.82, 2.24) is 29.8 Å². The Morgan fingerprint density at radius 1 is 1.29 bits per heavy atom. The maximum absolute atomic E-state index is 12.3.